The number of carbonyl (C=O) groups is 1. The first kappa shape index (κ1) is 18.2. The van der Waals surface area contributed by atoms with Crippen LogP contribution in [0.4, 0.5) is 9.80 Å². The molecule has 6 nitrogen and oxygen atoms in total. The molecule has 4 heterocycles. The molecule has 27 heavy (non-hydrogen) atoms. The van der Waals surface area contributed by atoms with E-state index in [0.29, 0.717) is 13.1 Å². The van der Waals surface area contributed by atoms with Gasteiger partial charge in [-0.15, -0.1) is 22.7 Å². The second kappa shape index (κ2) is 6.45. The first-order chi connectivity index (χ1) is 12.7. The zero-order valence-electron chi connectivity index (χ0n) is 15.8. The van der Waals surface area contributed by atoms with E-state index >= 15 is 0 Å². The number of nitrogens with two attached hydrogens (primary N) is 1. The molecule has 8 heteroatoms. The van der Waals surface area contributed by atoms with Crippen molar-refractivity contribution in [3.05, 3.63) is 28.9 Å². The number of fused-ring (bicyclic) bond motifs is 2. The van der Waals surface area contributed by atoms with E-state index in [-0.39, 0.29) is 12.0 Å². The first-order valence-electron chi connectivity index (χ1n) is 8.83. The molecule has 0 aromatic carbocycles. The minimum absolute atomic E-state index is 0.162. The van der Waals surface area contributed by atoms with E-state index in [1.165, 1.54) is 5.56 Å². The molecule has 0 fully saturated rings. The lowest BCUT2D eigenvalue weighted by molar-refractivity contribution is 0.0212. The Morgan fingerprint density at radius 1 is 1.37 bits per heavy atom. The SMILES string of the molecule is CC1CN(C(=O)OC(C)(C)C)Cc2sc(N)c(-c3nc4cnccc4s3)c21. The van der Waals surface area contributed by atoms with E-state index < -0.39 is 5.60 Å². The van der Waals surface area contributed by atoms with E-state index in [2.05, 4.69) is 11.9 Å². The normalized spacial score (nSPS) is 17.2. The number of hydrogen-bond donors (Lipinski definition) is 1. The number of rotatable bonds is 1. The van der Waals surface area contributed by atoms with Gasteiger partial charge in [-0.25, -0.2) is 9.78 Å². The summed E-state index contributed by atoms with van der Waals surface area (Å²) in [6, 6.07) is 1.97. The molecule has 1 aliphatic heterocycles. The van der Waals surface area contributed by atoms with Gasteiger partial charge in [-0.3, -0.25) is 4.98 Å². The Labute approximate surface area is 166 Å². The molecule has 1 atom stereocenters. The number of hydrogen-bond acceptors (Lipinski definition) is 7. The highest BCUT2D eigenvalue weighted by atomic mass is 32.1. The van der Waals surface area contributed by atoms with Crippen LogP contribution in [0, 0.1) is 0 Å². The van der Waals surface area contributed by atoms with E-state index in [0.717, 1.165) is 30.7 Å². The third-order valence-electron chi connectivity index (χ3n) is 4.43. The largest absolute Gasteiger partial charge is 0.444 e. The van der Waals surface area contributed by atoms with Crippen LogP contribution in [0.2, 0.25) is 0 Å². The van der Waals surface area contributed by atoms with Crippen molar-refractivity contribution in [2.45, 2.75) is 45.8 Å². The van der Waals surface area contributed by atoms with Crippen molar-refractivity contribution >= 4 is 44.0 Å². The third kappa shape index (κ3) is 3.39. The second-order valence-corrected chi connectivity index (χ2v) is 9.97. The van der Waals surface area contributed by atoms with Gasteiger partial charge in [0, 0.05) is 29.1 Å². The standard InChI is InChI=1S/C19H22N4O2S2/c1-10-8-23(18(24)25-19(2,3)4)9-13-14(10)15(16(20)26-13)17-22-11-7-21-6-5-12(11)27-17/h5-7,10H,8-9,20H2,1-4H3. The number of carbonyl (C=O) groups excluding carboxylic acids is 1. The molecule has 0 bridgehead atoms. The Balaban J connectivity index is 1.70. The van der Waals surface area contributed by atoms with Crippen LogP contribution in [0.25, 0.3) is 20.8 Å². The molecule has 142 valence electrons. The van der Waals surface area contributed by atoms with Crippen molar-refractivity contribution < 1.29 is 9.53 Å². The summed E-state index contributed by atoms with van der Waals surface area (Å²) in [5.74, 6) is 0.162. The van der Waals surface area contributed by atoms with Gasteiger partial charge in [-0.05, 0) is 32.4 Å². The average Bonchev–Trinajstić information content (AvgIpc) is 3.12. The average molecular weight is 403 g/mol. The number of thiazole rings is 1. The molecule has 0 aliphatic carbocycles. The molecule has 0 spiro atoms. The highest BCUT2D eigenvalue weighted by Crippen LogP contribution is 2.47. The summed E-state index contributed by atoms with van der Waals surface area (Å²) in [7, 11) is 0. The Hall–Kier alpha value is -2.19. The number of pyridine rings is 1. The monoisotopic (exact) mass is 402 g/mol. The summed E-state index contributed by atoms with van der Waals surface area (Å²) in [6.45, 7) is 8.90. The van der Waals surface area contributed by atoms with Crippen molar-refractivity contribution in [3.8, 4) is 10.6 Å². The van der Waals surface area contributed by atoms with Crippen LogP contribution in [-0.2, 0) is 11.3 Å². The lowest BCUT2D eigenvalue weighted by atomic mass is 9.93. The molecule has 0 radical (unpaired) electrons. The topological polar surface area (TPSA) is 81.3 Å². The number of amides is 1. The summed E-state index contributed by atoms with van der Waals surface area (Å²) in [6.07, 6.45) is 3.27. The Morgan fingerprint density at radius 3 is 2.85 bits per heavy atom. The third-order valence-corrected chi connectivity index (χ3v) is 6.50. The fraction of sp³-hybridized carbons (Fsp3) is 0.421. The molecule has 0 saturated heterocycles. The van der Waals surface area contributed by atoms with Gasteiger partial charge in [0.25, 0.3) is 0 Å². The first-order valence-corrected chi connectivity index (χ1v) is 10.5. The van der Waals surface area contributed by atoms with Gasteiger partial charge in [0.15, 0.2) is 0 Å². The van der Waals surface area contributed by atoms with Gasteiger partial charge in [0.2, 0.25) is 0 Å². The summed E-state index contributed by atoms with van der Waals surface area (Å²) in [4.78, 5) is 24.3. The van der Waals surface area contributed by atoms with Gasteiger partial charge in [0.1, 0.15) is 16.1 Å². The minimum Gasteiger partial charge on any atom is -0.444 e. The van der Waals surface area contributed by atoms with Crippen LogP contribution in [0.3, 0.4) is 0 Å². The van der Waals surface area contributed by atoms with Crippen LogP contribution in [0.5, 0.6) is 0 Å². The Bertz CT molecular complexity index is 986. The Morgan fingerprint density at radius 2 is 2.15 bits per heavy atom. The molecular formula is C19H22N4O2S2. The zero-order valence-corrected chi connectivity index (χ0v) is 17.4. The fourth-order valence-corrected chi connectivity index (χ4v) is 5.66. The smallest absolute Gasteiger partial charge is 0.410 e. The summed E-state index contributed by atoms with van der Waals surface area (Å²) in [5, 5.41) is 1.68. The van der Waals surface area contributed by atoms with Crippen LogP contribution in [0.1, 0.15) is 44.1 Å². The van der Waals surface area contributed by atoms with Gasteiger partial charge in [-0.1, -0.05) is 6.92 Å². The quantitative estimate of drug-likeness (QED) is 0.629. The van der Waals surface area contributed by atoms with Crippen LogP contribution < -0.4 is 5.73 Å². The molecule has 1 unspecified atom stereocenters. The van der Waals surface area contributed by atoms with Crippen molar-refractivity contribution in [2.24, 2.45) is 0 Å². The summed E-state index contributed by atoms with van der Waals surface area (Å²) < 4.78 is 6.64. The van der Waals surface area contributed by atoms with Crippen LogP contribution in [-0.4, -0.2) is 33.1 Å². The van der Waals surface area contributed by atoms with Crippen molar-refractivity contribution in [1.29, 1.82) is 0 Å². The van der Waals surface area contributed by atoms with Gasteiger partial charge < -0.3 is 15.4 Å². The predicted molar refractivity (Wildman–Crippen MR) is 110 cm³/mol. The molecule has 3 aromatic rings. The second-order valence-electron chi connectivity index (χ2n) is 7.80. The maximum atomic E-state index is 12.5. The van der Waals surface area contributed by atoms with Crippen LogP contribution in [0.15, 0.2) is 18.5 Å². The Kier molecular flexibility index (Phi) is 4.35. The van der Waals surface area contributed by atoms with Crippen molar-refractivity contribution in [3.63, 3.8) is 0 Å². The van der Waals surface area contributed by atoms with Crippen molar-refractivity contribution in [2.75, 3.05) is 12.3 Å². The van der Waals surface area contributed by atoms with E-state index in [4.69, 9.17) is 15.5 Å². The number of anilines is 1. The number of thiophene rings is 1. The van der Waals surface area contributed by atoms with E-state index in [1.807, 2.05) is 26.8 Å². The molecule has 0 saturated carbocycles. The summed E-state index contributed by atoms with van der Waals surface area (Å²) in [5.41, 5.74) is 9.01. The van der Waals surface area contributed by atoms with E-state index in [1.54, 1.807) is 40.0 Å². The number of nitrogen functional groups attached to an aromatic ring is 1. The lowest BCUT2D eigenvalue weighted by Crippen LogP contribution is -2.40. The minimum atomic E-state index is -0.505. The molecule has 4 rings (SSSR count). The molecule has 3 aromatic heterocycles. The molecular weight excluding hydrogens is 380 g/mol. The van der Waals surface area contributed by atoms with Gasteiger partial charge in [-0.2, -0.15) is 0 Å². The maximum Gasteiger partial charge on any atom is 0.410 e. The zero-order chi connectivity index (χ0) is 19.3. The van der Waals surface area contributed by atoms with Gasteiger partial charge >= 0.3 is 6.09 Å². The predicted octanol–water partition coefficient (Wildman–Crippen LogP) is 4.86. The number of aromatic nitrogens is 2. The number of nitrogens with zero attached hydrogens (tertiary/aromatic N) is 3. The highest BCUT2D eigenvalue weighted by molar-refractivity contribution is 7.22. The number of ether oxygens (including phenoxy) is 1. The summed E-state index contributed by atoms with van der Waals surface area (Å²) >= 11 is 3.17. The van der Waals surface area contributed by atoms with E-state index in [9.17, 15) is 4.79 Å². The molecule has 1 aliphatic rings. The van der Waals surface area contributed by atoms with Crippen LogP contribution >= 0.6 is 22.7 Å². The van der Waals surface area contributed by atoms with Crippen molar-refractivity contribution in [1.82, 2.24) is 14.9 Å². The maximum absolute atomic E-state index is 12.5. The molecule has 2 N–H and O–H groups in total. The fourth-order valence-electron chi connectivity index (χ4n) is 3.38. The van der Waals surface area contributed by atoms with Gasteiger partial charge in [0.05, 0.1) is 22.4 Å². The highest BCUT2D eigenvalue weighted by Gasteiger charge is 2.34. The lowest BCUT2D eigenvalue weighted by Gasteiger charge is -2.33. The molecule has 1 amide bonds.